The van der Waals surface area contributed by atoms with Crippen LogP contribution in [0.2, 0.25) is 0 Å². The molecule has 0 aliphatic carbocycles. The molecule has 0 aliphatic rings. The lowest BCUT2D eigenvalue weighted by Gasteiger charge is -2.00. The zero-order chi connectivity index (χ0) is 12.3. The molecule has 2 nitrogen and oxygen atoms in total. The van der Waals surface area contributed by atoms with Gasteiger partial charge in [0.1, 0.15) is 0 Å². The van der Waals surface area contributed by atoms with Gasteiger partial charge in [-0.15, -0.1) is 0 Å². The van der Waals surface area contributed by atoms with E-state index in [-0.39, 0.29) is 5.78 Å². The monoisotopic (exact) mass is 236 g/mol. The molecule has 17 heavy (non-hydrogen) atoms. The SMILES string of the molecule is CCCCCCCCCCC(=O)c1ccco1. The Morgan fingerprint density at radius 2 is 1.71 bits per heavy atom. The fourth-order valence-corrected chi connectivity index (χ4v) is 1.98. The Balaban J connectivity index is 1.92. The first-order valence-electron chi connectivity index (χ1n) is 6.91. The lowest BCUT2D eigenvalue weighted by molar-refractivity contribution is 0.0952. The van der Waals surface area contributed by atoms with Gasteiger partial charge in [-0.05, 0) is 18.6 Å². The third kappa shape index (κ3) is 6.30. The standard InChI is InChI=1S/C15H24O2/c1-2-3-4-5-6-7-8-9-11-14(16)15-12-10-13-17-15/h10,12-13H,2-9,11H2,1H3. The van der Waals surface area contributed by atoms with Crippen molar-refractivity contribution in [1.82, 2.24) is 0 Å². The van der Waals surface area contributed by atoms with Gasteiger partial charge in [0.25, 0.3) is 0 Å². The summed E-state index contributed by atoms with van der Waals surface area (Å²) in [5.41, 5.74) is 0. The first-order valence-corrected chi connectivity index (χ1v) is 6.91. The van der Waals surface area contributed by atoms with Crippen LogP contribution >= 0.6 is 0 Å². The number of carbonyl (C=O) groups is 1. The average Bonchev–Trinajstić information content (AvgIpc) is 2.86. The first kappa shape index (κ1) is 14.0. The molecule has 0 saturated carbocycles. The van der Waals surface area contributed by atoms with Crippen molar-refractivity contribution in [3.8, 4) is 0 Å². The van der Waals surface area contributed by atoms with Crippen LogP contribution < -0.4 is 0 Å². The number of ketones is 1. The van der Waals surface area contributed by atoms with Crippen LogP contribution in [-0.4, -0.2) is 5.78 Å². The highest BCUT2D eigenvalue weighted by Crippen LogP contribution is 2.12. The van der Waals surface area contributed by atoms with Crippen LogP contribution in [0.1, 0.15) is 75.3 Å². The fourth-order valence-electron chi connectivity index (χ4n) is 1.98. The Kier molecular flexibility index (Phi) is 7.44. The van der Waals surface area contributed by atoms with Crippen LogP contribution in [0.15, 0.2) is 22.8 Å². The van der Waals surface area contributed by atoms with Gasteiger partial charge in [0.05, 0.1) is 6.26 Å². The van der Waals surface area contributed by atoms with Crippen molar-refractivity contribution < 1.29 is 9.21 Å². The molecule has 0 aliphatic heterocycles. The second-order valence-electron chi connectivity index (χ2n) is 4.63. The van der Waals surface area contributed by atoms with Crippen molar-refractivity contribution in [3.63, 3.8) is 0 Å². The highest BCUT2D eigenvalue weighted by atomic mass is 16.3. The maximum absolute atomic E-state index is 11.6. The van der Waals surface area contributed by atoms with Crippen molar-refractivity contribution in [2.45, 2.75) is 64.7 Å². The molecule has 0 fully saturated rings. The van der Waals surface area contributed by atoms with Crippen molar-refractivity contribution in [3.05, 3.63) is 24.2 Å². The van der Waals surface area contributed by atoms with Gasteiger partial charge in [0.15, 0.2) is 11.5 Å². The highest BCUT2D eigenvalue weighted by molar-refractivity contribution is 5.93. The Hall–Kier alpha value is -1.05. The minimum atomic E-state index is 0.140. The predicted octanol–water partition coefficient (Wildman–Crippen LogP) is 4.99. The molecular weight excluding hydrogens is 212 g/mol. The minimum Gasteiger partial charge on any atom is -0.461 e. The fraction of sp³-hybridized carbons (Fsp3) is 0.667. The van der Waals surface area contributed by atoms with Gasteiger partial charge in [-0.2, -0.15) is 0 Å². The minimum absolute atomic E-state index is 0.140. The van der Waals surface area contributed by atoms with Gasteiger partial charge in [0, 0.05) is 6.42 Å². The maximum atomic E-state index is 11.6. The Bertz CT molecular complexity index is 288. The van der Waals surface area contributed by atoms with E-state index in [1.165, 1.54) is 44.9 Å². The third-order valence-electron chi connectivity index (χ3n) is 3.05. The zero-order valence-electron chi connectivity index (χ0n) is 10.9. The largest absolute Gasteiger partial charge is 0.461 e. The number of hydrogen-bond acceptors (Lipinski definition) is 2. The van der Waals surface area contributed by atoms with E-state index in [0.29, 0.717) is 12.2 Å². The Labute approximate surface area is 104 Å². The van der Waals surface area contributed by atoms with Gasteiger partial charge in [-0.3, -0.25) is 4.79 Å². The summed E-state index contributed by atoms with van der Waals surface area (Å²) in [6.07, 6.45) is 12.3. The number of hydrogen-bond donors (Lipinski definition) is 0. The summed E-state index contributed by atoms with van der Waals surface area (Å²) in [5.74, 6) is 0.647. The van der Waals surface area contributed by atoms with E-state index in [1.54, 1.807) is 18.4 Å². The van der Waals surface area contributed by atoms with Gasteiger partial charge >= 0.3 is 0 Å². The zero-order valence-corrected chi connectivity index (χ0v) is 10.9. The number of furan rings is 1. The lowest BCUT2D eigenvalue weighted by Crippen LogP contribution is -1.96. The molecule has 2 heteroatoms. The van der Waals surface area contributed by atoms with E-state index in [4.69, 9.17) is 4.42 Å². The smallest absolute Gasteiger partial charge is 0.197 e. The molecule has 96 valence electrons. The molecule has 0 radical (unpaired) electrons. The second-order valence-corrected chi connectivity index (χ2v) is 4.63. The van der Waals surface area contributed by atoms with E-state index in [9.17, 15) is 4.79 Å². The van der Waals surface area contributed by atoms with E-state index in [1.807, 2.05) is 0 Å². The molecule has 1 aromatic rings. The molecule has 0 amide bonds. The topological polar surface area (TPSA) is 30.2 Å². The number of rotatable bonds is 10. The van der Waals surface area contributed by atoms with Gasteiger partial charge < -0.3 is 4.42 Å². The number of carbonyl (C=O) groups excluding carboxylic acids is 1. The second kappa shape index (κ2) is 9.03. The molecule has 0 unspecified atom stereocenters. The van der Waals surface area contributed by atoms with E-state index >= 15 is 0 Å². The predicted molar refractivity (Wildman–Crippen MR) is 70.3 cm³/mol. The quantitative estimate of drug-likeness (QED) is 0.423. The normalized spacial score (nSPS) is 10.6. The molecule has 1 rings (SSSR count). The Morgan fingerprint density at radius 3 is 2.29 bits per heavy atom. The van der Waals surface area contributed by atoms with Crippen molar-refractivity contribution in [1.29, 1.82) is 0 Å². The van der Waals surface area contributed by atoms with Crippen LogP contribution in [0.4, 0.5) is 0 Å². The molecule has 0 spiro atoms. The summed E-state index contributed by atoms with van der Waals surface area (Å²) in [6.45, 7) is 2.24. The number of unbranched alkanes of at least 4 members (excludes halogenated alkanes) is 7. The molecule has 0 aromatic carbocycles. The van der Waals surface area contributed by atoms with Crippen LogP contribution in [0.25, 0.3) is 0 Å². The summed E-state index contributed by atoms with van der Waals surface area (Å²) in [4.78, 5) is 11.6. The average molecular weight is 236 g/mol. The van der Waals surface area contributed by atoms with Crippen molar-refractivity contribution in [2.24, 2.45) is 0 Å². The van der Waals surface area contributed by atoms with E-state index < -0.39 is 0 Å². The van der Waals surface area contributed by atoms with Gasteiger partial charge in [-0.1, -0.05) is 51.9 Å². The van der Waals surface area contributed by atoms with Crippen LogP contribution in [0.5, 0.6) is 0 Å². The first-order chi connectivity index (χ1) is 8.34. The maximum Gasteiger partial charge on any atom is 0.197 e. The summed E-state index contributed by atoms with van der Waals surface area (Å²) < 4.78 is 5.07. The van der Waals surface area contributed by atoms with Crippen LogP contribution in [0, 0.1) is 0 Å². The van der Waals surface area contributed by atoms with Crippen LogP contribution in [-0.2, 0) is 0 Å². The molecule has 1 aromatic heterocycles. The number of Topliss-reactive ketones (excluding diaryl/α,β-unsaturated/α-hetero) is 1. The summed E-state index contributed by atoms with van der Waals surface area (Å²) in [6, 6.07) is 3.51. The summed E-state index contributed by atoms with van der Waals surface area (Å²) in [7, 11) is 0. The summed E-state index contributed by atoms with van der Waals surface area (Å²) in [5, 5.41) is 0. The van der Waals surface area contributed by atoms with Crippen molar-refractivity contribution >= 4 is 5.78 Å². The van der Waals surface area contributed by atoms with E-state index in [0.717, 1.165) is 6.42 Å². The van der Waals surface area contributed by atoms with Gasteiger partial charge in [0.2, 0.25) is 0 Å². The highest BCUT2D eigenvalue weighted by Gasteiger charge is 2.07. The van der Waals surface area contributed by atoms with Gasteiger partial charge in [-0.25, -0.2) is 0 Å². The van der Waals surface area contributed by atoms with Crippen LogP contribution in [0.3, 0.4) is 0 Å². The third-order valence-corrected chi connectivity index (χ3v) is 3.05. The molecule has 1 heterocycles. The Morgan fingerprint density at radius 1 is 1.06 bits per heavy atom. The van der Waals surface area contributed by atoms with E-state index in [2.05, 4.69) is 6.92 Å². The van der Waals surface area contributed by atoms with Crippen molar-refractivity contribution in [2.75, 3.05) is 0 Å². The molecule has 0 bridgehead atoms. The molecular formula is C15H24O2. The summed E-state index contributed by atoms with van der Waals surface area (Å²) >= 11 is 0. The lowest BCUT2D eigenvalue weighted by atomic mass is 10.1. The molecule has 0 atom stereocenters. The molecule has 0 N–H and O–H groups in total. The molecule has 0 saturated heterocycles.